The van der Waals surface area contributed by atoms with Crippen LogP contribution >= 0.6 is 0 Å². The predicted molar refractivity (Wildman–Crippen MR) is 141 cm³/mol. The smallest absolute Gasteiger partial charge is 0.310 e. The first-order valence-corrected chi connectivity index (χ1v) is 14.1. The van der Waals surface area contributed by atoms with Gasteiger partial charge in [0.05, 0.1) is 18.1 Å². The zero-order valence-corrected chi connectivity index (χ0v) is 23.3. The minimum absolute atomic E-state index is 0.00151. The maximum Gasteiger partial charge on any atom is 0.310 e. The van der Waals surface area contributed by atoms with Gasteiger partial charge in [-0.1, -0.05) is 64.8 Å². The van der Waals surface area contributed by atoms with Crippen molar-refractivity contribution < 1.29 is 20.1 Å². The van der Waals surface area contributed by atoms with E-state index in [4.69, 9.17) is 0 Å². The molecule has 4 rings (SSSR count). The first-order valence-electron chi connectivity index (χ1n) is 14.1. The van der Waals surface area contributed by atoms with Crippen LogP contribution < -0.4 is 0 Å². The van der Waals surface area contributed by atoms with Crippen molar-refractivity contribution in [3.63, 3.8) is 0 Å². The summed E-state index contributed by atoms with van der Waals surface area (Å²) in [5, 5.41) is 32.1. The van der Waals surface area contributed by atoms with Gasteiger partial charge in [-0.15, -0.1) is 0 Å². The van der Waals surface area contributed by atoms with Gasteiger partial charge in [-0.2, -0.15) is 0 Å². The highest BCUT2D eigenvalue weighted by Crippen LogP contribution is 2.72. The van der Waals surface area contributed by atoms with E-state index in [0.29, 0.717) is 17.8 Å². The van der Waals surface area contributed by atoms with E-state index >= 15 is 0 Å². The van der Waals surface area contributed by atoms with Gasteiger partial charge in [0.2, 0.25) is 0 Å². The quantitative estimate of drug-likeness (QED) is 0.362. The second kappa shape index (κ2) is 8.72. The van der Waals surface area contributed by atoms with Gasteiger partial charge in [0.1, 0.15) is 0 Å². The van der Waals surface area contributed by atoms with Crippen molar-refractivity contribution in [1.29, 1.82) is 0 Å². The molecule has 0 saturated heterocycles. The summed E-state index contributed by atoms with van der Waals surface area (Å²) in [7, 11) is 0. The molecule has 2 saturated carbocycles. The summed E-state index contributed by atoms with van der Waals surface area (Å²) < 4.78 is 0. The van der Waals surface area contributed by atoms with Crippen LogP contribution in [-0.2, 0) is 4.79 Å². The maximum atomic E-state index is 11.9. The minimum atomic E-state index is -0.798. The summed E-state index contributed by atoms with van der Waals surface area (Å²) in [6.07, 6.45) is 8.15. The number of rotatable bonds is 6. The molecule has 0 amide bonds. The maximum absolute atomic E-state index is 11.9. The van der Waals surface area contributed by atoms with Gasteiger partial charge < -0.3 is 15.3 Å². The van der Waals surface area contributed by atoms with Crippen LogP contribution in [0.1, 0.15) is 106 Å². The van der Waals surface area contributed by atoms with E-state index < -0.39 is 11.9 Å². The first kappa shape index (κ1) is 26.9. The monoisotopic (exact) mass is 486 g/mol. The molecule has 4 heteroatoms. The van der Waals surface area contributed by atoms with Crippen LogP contribution in [0.3, 0.4) is 0 Å². The second-order valence-corrected chi connectivity index (χ2v) is 14.1. The van der Waals surface area contributed by atoms with E-state index in [9.17, 15) is 20.1 Å². The molecule has 35 heavy (non-hydrogen) atoms. The molecule has 0 spiro atoms. The molecule has 0 aromatic rings. The topological polar surface area (TPSA) is 77.8 Å². The Balaban J connectivity index is 1.63. The van der Waals surface area contributed by atoms with E-state index in [1.807, 2.05) is 0 Å². The molecule has 0 aromatic heterocycles. The van der Waals surface area contributed by atoms with E-state index in [1.165, 1.54) is 5.57 Å². The normalized spacial score (nSPS) is 44.1. The van der Waals surface area contributed by atoms with E-state index in [0.717, 1.165) is 63.4 Å². The summed E-state index contributed by atoms with van der Waals surface area (Å²) in [4.78, 5) is 11.4. The summed E-state index contributed by atoms with van der Waals surface area (Å²) >= 11 is 0. The third kappa shape index (κ3) is 3.71. The highest BCUT2D eigenvalue weighted by Gasteiger charge is 2.66. The Morgan fingerprint density at radius 1 is 1.00 bits per heavy atom. The first-order chi connectivity index (χ1) is 16.1. The molecule has 0 aromatic carbocycles. The minimum Gasteiger partial charge on any atom is -0.481 e. The van der Waals surface area contributed by atoms with E-state index in [-0.39, 0.29) is 33.9 Å². The number of hydrogen-bond acceptors (Lipinski definition) is 3. The molecule has 4 nitrogen and oxygen atoms in total. The Morgan fingerprint density at radius 3 is 2.29 bits per heavy atom. The molecule has 4 aliphatic carbocycles. The number of allylic oxidation sites excluding steroid dienone is 1. The van der Waals surface area contributed by atoms with Gasteiger partial charge in [-0.3, -0.25) is 4.79 Å². The van der Waals surface area contributed by atoms with Gasteiger partial charge in [0.25, 0.3) is 0 Å². The van der Waals surface area contributed by atoms with Crippen molar-refractivity contribution in [3.8, 4) is 0 Å². The van der Waals surface area contributed by atoms with E-state index in [1.54, 1.807) is 12.5 Å². The van der Waals surface area contributed by atoms with Gasteiger partial charge in [0.15, 0.2) is 0 Å². The lowest BCUT2D eigenvalue weighted by Crippen LogP contribution is -2.58. The summed E-state index contributed by atoms with van der Waals surface area (Å²) in [5.41, 5.74) is 3.76. The molecule has 0 aliphatic heterocycles. The third-order valence-electron chi connectivity index (χ3n) is 12.5. The molecular formula is C31H50O4. The molecule has 0 bridgehead atoms. The van der Waals surface area contributed by atoms with Gasteiger partial charge in [-0.25, -0.2) is 0 Å². The standard InChI is InChI=1S/C31H50O4/c1-18(20(3)27(34)35)9-10-19(2)21-13-16-30(7)22-11-12-24-28(4,5)25(32)14-15-29(24,6)23(22)17-26(33)31(21,30)8/h19-21,24-26,32-33H,1,9-17H2,2-8H3,(H,34,35)/t19?,20?,21-,24?,25-,26+,29-,30+,31+/m1/s1. The van der Waals surface area contributed by atoms with Gasteiger partial charge >= 0.3 is 5.97 Å². The Morgan fingerprint density at radius 2 is 1.66 bits per heavy atom. The lowest BCUT2D eigenvalue weighted by Gasteiger charge is -2.63. The van der Waals surface area contributed by atoms with Crippen molar-refractivity contribution in [1.82, 2.24) is 0 Å². The molecule has 0 radical (unpaired) electrons. The highest BCUT2D eigenvalue weighted by atomic mass is 16.4. The Kier molecular flexibility index (Phi) is 6.71. The van der Waals surface area contributed by atoms with Crippen molar-refractivity contribution in [2.75, 3.05) is 0 Å². The molecule has 3 unspecified atom stereocenters. The van der Waals surface area contributed by atoms with E-state index in [2.05, 4.69) is 48.1 Å². The summed E-state index contributed by atoms with van der Waals surface area (Å²) in [5.74, 6) is -0.0238. The molecule has 0 heterocycles. The fourth-order valence-electron chi connectivity index (χ4n) is 9.64. The van der Waals surface area contributed by atoms with Crippen molar-refractivity contribution in [2.24, 2.45) is 45.3 Å². The van der Waals surface area contributed by atoms with Crippen LogP contribution in [0.15, 0.2) is 23.3 Å². The van der Waals surface area contributed by atoms with Crippen molar-refractivity contribution in [3.05, 3.63) is 23.3 Å². The lowest BCUT2D eigenvalue weighted by molar-refractivity contribution is -0.139. The van der Waals surface area contributed by atoms with Crippen LogP contribution in [0.5, 0.6) is 0 Å². The fourth-order valence-corrected chi connectivity index (χ4v) is 9.64. The molecule has 4 aliphatic rings. The average molecular weight is 487 g/mol. The predicted octanol–water partition coefficient (Wildman–Crippen LogP) is 6.76. The molecule has 198 valence electrons. The molecular weight excluding hydrogens is 436 g/mol. The average Bonchev–Trinajstić information content (AvgIpc) is 3.08. The lowest BCUT2D eigenvalue weighted by atomic mass is 9.42. The SMILES string of the molecule is C=C(CCC(C)[C@H]1CC[C@@]2(C)C3=C(C[C@H](O)[C@]12C)[C@@]1(C)CC[C@@H](O)C(C)(C)C1CC3)C(C)C(=O)O. The molecule has 2 fully saturated rings. The Bertz CT molecular complexity index is 917. The van der Waals surface area contributed by atoms with Crippen LogP contribution in [0.4, 0.5) is 0 Å². The van der Waals surface area contributed by atoms with Crippen molar-refractivity contribution >= 4 is 5.97 Å². The number of aliphatic carboxylic acids is 1. The Labute approximate surface area is 213 Å². The van der Waals surface area contributed by atoms with Crippen LogP contribution in [0, 0.1) is 45.3 Å². The van der Waals surface area contributed by atoms with Crippen LogP contribution in [0.25, 0.3) is 0 Å². The number of aliphatic hydroxyl groups excluding tert-OH is 2. The van der Waals surface area contributed by atoms with Crippen LogP contribution in [-0.4, -0.2) is 33.5 Å². The fraction of sp³-hybridized carbons (Fsp3) is 0.839. The van der Waals surface area contributed by atoms with Crippen LogP contribution in [0.2, 0.25) is 0 Å². The third-order valence-corrected chi connectivity index (χ3v) is 12.5. The summed E-state index contributed by atoms with van der Waals surface area (Å²) in [6, 6.07) is 0. The highest BCUT2D eigenvalue weighted by molar-refractivity contribution is 5.72. The number of carboxylic acid groups (broad SMARTS) is 1. The largest absolute Gasteiger partial charge is 0.481 e. The number of aliphatic hydroxyl groups is 2. The molecule has 3 N–H and O–H groups in total. The van der Waals surface area contributed by atoms with Gasteiger partial charge in [0, 0.05) is 5.41 Å². The summed E-state index contributed by atoms with van der Waals surface area (Å²) in [6.45, 7) is 19.8. The van der Waals surface area contributed by atoms with Gasteiger partial charge in [-0.05, 0) is 98.7 Å². The zero-order valence-electron chi connectivity index (χ0n) is 23.3. The second-order valence-electron chi connectivity index (χ2n) is 14.1. The number of hydrogen-bond donors (Lipinski definition) is 3. The number of carbonyl (C=O) groups is 1. The number of carboxylic acids is 1. The zero-order chi connectivity index (χ0) is 26.1. The number of fused-ring (bicyclic) bond motifs is 4. The Hall–Kier alpha value is -1.13. The van der Waals surface area contributed by atoms with Crippen molar-refractivity contribution in [2.45, 2.75) is 118 Å². The molecule has 9 atom stereocenters.